The Labute approximate surface area is 187 Å². The molecule has 0 aromatic heterocycles. The van der Waals surface area contributed by atoms with Crippen LogP contribution in [0.1, 0.15) is 106 Å². The summed E-state index contributed by atoms with van der Waals surface area (Å²) in [6, 6.07) is 0. The van der Waals surface area contributed by atoms with Crippen molar-refractivity contribution in [1.82, 2.24) is 0 Å². The highest BCUT2D eigenvalue weighted by Gasteiger charge is 2.24. The second-order valence-corrected chi connectivity index (χ2v) is 8.86. The van der Waals surface area contributed by atoms with Crippen molar-refractivity contribution >= 4 is 5.97 Å². The summed E-state index contributed by atoms with van der Waals surface area (Å²) in [5.41, 5.74) is 2.11. The smallest absolute Gasteiger partial charge is 0.0787 e. The second kappa shape index (κ2) is 21.1. The number of aliphatic hydroxyl groups is 1. The van der Waals surface area contributed by atoms with Crippen molar-refractivity contribution in [3.8, 4) is 0 Å². The van der Waals surface area contributed by atoms with Crippen molar-refractivity contribution < 1.29 is 19.5 Å². The van der Waals surface area contributed by atoms with Gasteiger partial charge in [-0.05, 0) is 71.8 Å². The van der Waals surface area contributed by atoms with Gasteiger partial charge in [0.05, 0.1) is 32.1 Å². The minimum atomic E-state index is -1.11. The van der Waals surface area contributed by atoms with E-state index in [-0.39, 0.29) is 0 Å². The Morgan fingerprint density at radius 2 is 1.30 bits per heavy atom. The van der Waals surface area contributed by atoms with Crippen molar-refractivity contribution in [2.45, 2.75) is 106 Å². The molecular formula is C26H51NO3. The molecule has 0 bridgehead atoms. The number of hydrogen-bond donors (Lipinski definition) is 1. The fraction of sp³-hybridized carbons (Fsp3) is 0.808. The molecule has 30 heavy (non-hydrogen) atoms. The number of unbranched alkanes of at least 4 members (excludes halogenated alkanes) is 4. The first-order chi connectivity index (χ1) is 14.3. The van der Waals surface area contributed by atoms with Crippen LogP contribution in [0.5, 0.6) is 0 Å². The van der Waals surface area contributed by atoms with Crippen molar-refractivity contribution in [2.24, 2.45) is 0 Å². The first kappa shape index (κ1) is 31.1. The van der Waals surface area contributed by atoms with Gasteiger partial charge in [-0.15, -0.1) is 0 Å². The van der Waals surface area contributed by atoms with Crippen LogP contribution in [0.25, 0.3) is 0 Å². The third kappa shape index (κ3) is 20.2. The molecule has 0 heterocycles. The van der Waals surface area contributed by atoms with Crippen molar-refractivity contribution in [2.75, 3.05) is 32.8 Å². The number of carbonyl (C=O) groups is 1. The van der Waals surface area contributed by atoms with Gasteiger partial charge in [-0.3, -0.25) is 0 Å². The summed E-state index contributed by atoms with van der Waals surface area (Å²) < 4.78 is 1.32. The molecule has 0 fully saturated rings. The lowest BCUT2D eigenvalue weighted by Gasteiger charge is -2.39. The predicted octanol–water partition coefficient (Wildman–Crippen LogP) is 5.41. The number of quaternary nitrogens is 1. The maximum Gasteiger partial charge on any atom is 0.0787 e. The quantitative estimate of drug-likeness (QED) is 0.147. The minimum Gasteiger partial charge on any atom is -0.545 e. The van der Waals surface area contributed by atoms with E-state index < -0.39 is 5.97 Å². The van der Waals surface area contributed by atoms with E-state index in [4.69, 9.17) is 5.11 Å². The third-order valence-electron chi connectivity index (χ3n) is 5.45. The topological polar surface area (TPSA) is 60.4 Å². The molecule has 4 nitrogen and oxygen atoms in total. The molecule has 0 aromatic carbocycles. The summed E-state index contributed by atoms with van der Waals surface area (Å²) in [5.74, 6) is -1.11. The van der Waals surface area contributed by atoms with E-state index in [1.807, 2.05) is 13.8 Å². The molecule has 0 saturated heterocycles. The minimum absolute atomic E-state index is 0.356. The zero-order valence-corrected chi connectivity index (χ0v) is 21.0. The monoisotopic (exact) mass is 425 g/mol. The van der Waals surface area contributed by atoms with E-state index in [0.717, 1.165) is 30.9 Å². The first-order valence-electron chi connectivity index (χ1n) is 12.2. The summed E-state index contributed by atoms with van der Waals surface area (Å²) in [6.45, 7) is 18.4. The van der Waals surface area contributed by atoms with Crippen molar-refractivity contribution in [3.63, 3.8) is 0 Å². The predicted molar refractivity (Wildman–Crippen MR) is 128 cm³/mol. The van der Waals surface area contributed by atoms with Gasteiger partial charge in [0.2, 0.25) is 0 Å². The maximum absolute atomic E-state index is 10.1. The molecule has 0 rings (SSSR count). The Bertz CT molecular complexity index is 443. The van der Waals surface area contributed by atoms with Gasteiger partial charge in [0.15, 0.2) is 0 Å². The van der Waals surface area contributed by atoms with Gasteiger partial charge in [0.25, 0.3) is 0 Å². The van der Waals surface area contributed by atoms with Gasteiger partial charge in [0.1, 0.15) is 0 Å². The van der Waals surface area contributed by atoms with Crippen LogP contribution in [0.2, 0.25) is 0 Å². The Hall–Kier alpha value is -1.13. The number of nitrogens with zero attached hydrogens (tertiary/aromatic N) is 1. The summed E-state index contributed by atoms with van der Waals surface area (Å²) in [6.07, 6.45) is 15.1. The van der Waals surface area contributed by atoms with Crippen LogP contribution in [0.3, 0.4) is 0 Å². The molecule has 0 aliphatic carbocycles. The van der Waals surface area contributed by atoms with Crippen LogP contribution in [0.4, 0.5) is 0 Å². The number of allylic oxidation sites excluding steroid dienone is 3. The van der Waals surface area contributed by atoms with E-state index >= 15 is 0 Å². The van der Waals surface area contributed by atoms with Crippen LogP contribution in [0, 0.1) is 0 Å². The Kier molecular flexibility index (Phi) is 21.9. The first-order valence-corrected chi connectivity index (χ1v) is 12.2. The second-order valence-electron chi connectivity index (χ2n) is 8.86. The van der Waals surface area contributed by atoms with Crippen LogP contribution < -0.4 is 5.11 Å². The molecule has 0 radical (unpaired) electrons. The molecule has 0 unspecified atom stereocenters. The average molecular weight is 426 g/mol. The molecule has 0 saturated carbocycles. The molecule has 1 N–H and O–H groups in total. The number of carboxylic acids is 1. The van der Waals surface area contributed by atoms with E-state index in [1.54, 1.807) is 6.92 Å². The SMILES string of the molecule is CC(C)=CCC/C(C)=C/C(=O)[O-].CCCC[N+](CCCC)(CCCC)CCCCO. The molecule has 0 aliphatic heterocycles. The van der Waals surface area contributed by atoms with Gasteiger partial charge in [-0.25, -0.2) is 0 Å². The molecule has 0 spiro atoms. The molecule has 0 amide bonds. The lowest BCUT2D eigenvalue weighted by atomic mass is 10.1. The fourth-order valence-electron chi connectivity index (χ4n) is 3.57. The average Bonchev–Trinajstić information content (AvgIpc) is 2.68. The standard InChI is InChI=1S/C16H36NO.C10H16O2/c1-4-7-12-17(13-8-5-2,14-9-6-3)15-10-11-16-18;1-8(2)5-4-6-9(3)7-10(11)12/h18H,4-16H2,1-3H3;5,7H,4,6H2,1-3H3,(H,11,12)/q+1;/p-1/b;9-7+. The summed E-state index contributed by atoms with van der Waals surface area (Å²) in [4.78, 5) is 10.1. The lowest BCUT2D eigenvalue weighted by Crippen LogP contribution is -2.50. The highest BCUT2D eigenvalue weighted by atomic mass is 16.4. The van der Waals surface area contributed by atoms with Crippen LogP contribution in [0.15, 0.2) is 23.3 Å². The maximum atomic E-state index is 10.1. The molecule has 0 atom stereocenters. The van der Waals surface area contributed by atoms with Gasteiger partial charge < -0.3 is 19.5 Å². The Morgan fingerprint density at radius 1 is 0.833 bits per heavy atom. The van der Waals surface area contributed by atoms with Gasteiger partial charge in [0, 0.05) is 6.61 Å². The van der Waals surface area contributed by atoms with Crippen LogP contribution in [-0.4, -0.2) is 48.3 Å². The Morgan fingerprint density at radius 3 is 1.67 bits per heavy atom. The normalized spacial score (nSPS) is 11.6. The van der Waals surface area contributed by atoms with Gasteiger partial charge in [-0.1, -0.05) is 57.3 Å². The summed E-state index contributed by atoms with van der Waals surface area (Å²) >= 11 is 0. The van der Waals surface area contributed by atoms with E-state index in [1.165, 1.54) is 81.2 Å². The zero-order valence-electron chi connectivity index (χ0n) is 21.0. The highest BCUT2D eigenvalue weighted by Crippen LogP contribution is 2.16. The number of carboxylic acid groups (broad SMARTS) is 1. The number of aliphatic carboxylic acids is 1. The summed E-state index contributed by atoms with van der Waals surface area (Å²) in [5, 5.41) is 19.1. The van der Waals surface area contributed by atoms with Gasteiger partial charge >= 0.3 is 0 Å². The number of carbonyl (C=O) groups excluding carboxylic acids is 1. The third-order valence-corrected chi connectivity index (χ3v) is 5.45. The van der Waals surface area contributed by atoms with E-state index in [2.05, 4.69) is 26.8 Å². The molecule has 178 valence electrons. The largest absolute Gasteiger partial charge is 0.545 e. The van der Waals surface area contributed by atoms with Crippen molar-refractivity contribution in [3.05, 3.63) is 23.3 Å². The lowest BCUT2D eigenvalue weighted by molar-refractivity contribution is -0.929. The van der Waals surface area contributed by atoms with E-state index in [0.29, 0.717) is 6.61 Å². The molecule has 0 aromatic rings. The Balaban J connectivity index is 0. The number of hydrogen-bond acceptors (Lipinski definition) is 3. The molecule has 0 aliphatic rings. The highest BCUT2D eigenvalue weighted by molar-refractivity contribution is 5.78. The van der Waals surface area contributed by atoms with Crippen molar-refractivity contribution in [1.29, 1.82) is 0 Å². The van der Waals surface area contributed by atoms with Crippen LogP contribution in [-0.2, 0) is 4.79 Å². The number of rotatable bonds is 17. The fourth-order valence-corrected chi connectivity index (χ4v) is 3.57. The van der Waals surface area contributed by atoms with Crippen LogP contribution >= 0.6 is 0 Å². The molecular weight excluding hydrogens is 374 g/mol. The zero-order chi connectivity index (χ0) is 23.3. The summed E-state index contributed by atoms with van der Waals surface area (Å²) in [7, 11) is 0. The van der Waals surface area contributed by atoms with E-state index in [9.17, 15) is 9.90 Å². The number of aliphatic hydroxyl groups excluding tert-OH is 1. The molecule has 4 heteroatoms. The van der Waals surface area contributed by atoms with Gasteiger partial charge in [-0.2, -0.15) is 0 Å².